The third-order valence-corrected chi connectivity index (χ3v) is 5.87. The van der Waals surface area contributed by atoms with Crippen LogP contribution in [-0.2, 0) is 6.54 Å². The van der Waals surface area contributed by atoms with Crippen LogP contribution < -0.4 is 5.73 Å². The van der Waals surface area contributed by atoms with Crippen molar-refractivity contribution in [1.82, 2.24) is 4.90 Å². The SMILES string of the molecule is CCN(Cc1ccccc1)C(CN)c1cc(Br)c(Cl)s1. The minimum absolute atomic E-state index is 0.203. The average Bonchev–Trinajstić information content (AvgIpc) is 2.79. The molecule has 0 amide bonds. The summed E-state index contributed by atoms with van der Waals surface area (Å²) in [6, 6.07) is 12.8. The van der Waals surface area contributed by atoms with Gasteiger partial charge in [-0.3, -0.25) is 4.90 Å². The predicted octanol–water partition coefficient (Wildman–Crippen LogP) is 4.69. The van der Waals surface area contributed by atoms with Crippen molar-refractivity contribution in [3.8, 4) is 0 Å². The number of likely N-dealkylation sites (N-methyl/N-ethyl adjacent to an activating group) is 1. The monoisotopic (exact) mass is 372 g/mol. The van der Waals surface area contributed by atoms with Gasteiger partial charge >= 0.3 is 0 Å². The van der Waals surface area contributed by atoms with E-state index in [1.165, 1.54) is 10.4 Å². The molecule has 1 atom stereocenters. The molecule has 0 radical (unpaired) electrons. The molecule has 1 aromatic carbocycles. The molecule has 0 aliphatic rings. The standard InChI is InChI=1S/C15H18BrClN2S/c1-2-19(10-11-6-4-3-5-7-11)13(9-18)14-8-12(16)15(17)20-14/h3-8,13H,2,9-10,18H2,1H3. The summed E-state index contributed by atoms with van der Waals surface area (Å²) in [7, 11) is 0. The van der Waals surface area contributed by atoms with E-state index in [0.717, 1.165) is 21.9 Å². The van der Waals surface area contributed by atoms with E-state index in [2.05, 4.69) is 58.1 Å². The Labute approximate surface area is 137 Å². The molecule has 1 heterocycles. The van der Waals surface area contributed by atoms with E-state index in [9.17, 15) is 0 Å². The molecular formula is C15H18BrClN2S. The first-order valence-corrected chi connectivity index (χ1v) is 8.57. The smallest absolute Gasteiger partial charge is 0.107 e. The average molecular weight is 374 g/mol. The van der Waals surface area contributed by atoms with Gasteiger partial charge in [0.25, 0.3) is 0 Å². The molecule has 2 rings (SSSR count). The Kier molecular flexibility index (Phi) is 6.05. The fourth-order valence-electron chi connectivity index (χ4n) is 2.23. The fourth-order valence-corrected chi connectivity index (χ4v) is 4.12. The topological polar surface area (TPSA) is 29.3 Å². The maximum atomic E-state index is 6.15. The van der Waals surface area contributed by atoms with Crippen LogP contribution in [0.2, 0.25) is 4.34 Å². The summed E-state index contributed by atoms with van der Waals surface area (Å²) in [4.78, 5) is 3.59. The van der Waals surface area contributed by atoms with Crippen LogP contribution >= 0.6 is 38.9 Å². The zero-order valence-corrected chi connectivity index (χ0v) is 14.5. The quantitative estimate of drug-likeness (QED) is 0.796. The molecule has 1 unspecified atom stereocenters. The lowest BCUT2D eigenvalue weighted by molar-refractivity contribution is 0.206. The number of benzene rings is 1. The number of nitrogens with zero attached hydrogens (tertiary/aromatic N) is 1. The molecule has 5 heteroatoms. The van der Waals surface area contributed by atoms with E-state index >= 15 is 0 Å². The van der Waals surface area contributed by atoms with Crippen LogP contribution in [0.1, 0.15) is 23.4 Å². The van der Waals surface area contributed by atoms with Crippen LogP contribution in [0.5, 0.6) is 0 Å². The molecule has 0 aliphatic carbocycles. The second-order valence-electron chi connectivity index (χ2n) is 4.57. The maximum Gasteiger partial charge on any atom is 0.107 e. The van der Waals surface area contributed by atoms with Gasteiger partial charge in [-0.15, -0.1) is 11.3 Å². The number of halogens is 2. The third kappa shape index (κ3) is 3.83. The van der Waals surface area contributed by atoms with Crippen LogP contribution in [0.4, 0.5) is 0 Å². The maximum absolute atomic E-state index is 6.15. The minimum Gasteiger partial charge on any atom is -0.329 e. The summed E-state index contributed by atoms with van der Waals surface area (Å²) >= 11 is 11.2. The van der Waals surface area contributed by atoms with Gasteiger partial charge in [0, 0.05) is 22.4 Å². The van der Waals surface area contributed by atoms with Crippen LogP contribution in [0, 0.1) is 0 Å². The van der Waals surface area contributed by atoms with Crippen LogP contribution in [-0.4, -0.2) is 18.0 Å². The fraction of sp³-hybridized carbons (Fsp3) is 0.333. The Morgan fingerprint density at radius 3 is 2.55 bits per heavy atom. The van der Waals surface area contributed by atoms with Gasteiger partial charge in [-0.1, -0.05) is 48.9 Å². The van der Waals surface area contributed by atoms with E-state index in [1.807, 2.05) is 6.07 Å². The third-order valence-electron chi connectivity index (χ3n) is 3.29. The minimum atomic E-state index is 0.203. The van der Waals surface area contributed by atoms with Gasteiger partial charge in [0.1, 0.15) is 4.34 Å². The van der Waals surface area contributed by atoms with Crippen molar-refractivity contribution in [2.75, 3.05) is 13.1 Å². The predicted molar refractivity (Wildman–Crippen MR) is 91.4 cm³/mol. The van der Waals surface area contributed by atoms with E-state index < -0.39 is 0 Å². The van der Waals surface area contributed by atoms with Crippen molar-refractivity contribution in [3.05, 3.63) is 55.6 Å². The lowest BCUT2D eigenvalue weighted by Crippen LogP contribution is -2.32. The Bertz CT molecular complexity index is 525. The number of thiophene rings is 1. The molecule has 2 N–H and O–H groups in total. The number of hydrogen-bond donors (Lipinski definition) is 1. The number of hydrogen-bond acceptors (Lipinski definition) is 3. The highest BCUT2D eigenvalue weighted by atomic mass is 79.9. The zero-order chi connectivity index (χ0) is 14.5. The summed E-state index contributed by atoms with van der Waals surface area (Å²) in [6.07, 6.45) is 0. The highest BCUT2D eigenvalue weighted by Crippen LogP contribution is 2.37. The second kappa shape index (κ2) is 7.57. The lowest BCUT2D eigenvalue weighted by atomic mass is 10.1. The van der Waals surface area contributed by atoms with Crippen molar-refractivity contribution >= 4 is 38.9 Å². The Morgan fingerprint density at radius 1 is 1.35 bits per heavy atom. The van der Waals surface area contributed by atoms with Gasteiger partial charge < -0.3 is 5.73 Å². The molecule has 0 fully saturated rings. The molecule has 2 aromatic rings. The van der Waals surface area contributed by atoms with Gasteiger partial charge in [-0.25, -0.2) is 0 Å². The van der Waals surface area contributed by atoms with Crippen LogP contribution in [0.15, 0.2) is 40.9 Å². The van der Waals surface area contributed by atoms with Gasteiger partial charge in [-0.2, -0.15) is 0 Å². The number of rotatable bonds is 6. The molecule has 0 saturated heterocycles. The summed E-state index contributed by atoms with van der Waals surface area (Å²) in [6.45, 7) is 4.59. The van der Waals surface area contributed by atoms with Gasteiger partial charge in [0.05, 0.1) is 6.04 Å². The Balaban J connectivity index is 2.19. The zero-order valence-electron chi connectivity index (χ0n) is 11.4. The van der Waals surface area contributed by atoms with E-state index in [0.29, 0.717) is 6.54 Å². The van der Waals surface area contributed by atoms with Crippen molar-refractivity contribution < 1.29 is 0 Å². The summed E-state index contributed by atoms with van der Waals surface area (Å²) in [5.74, 6) is 0. The van der Waals surface area contributed by atoms with E-state index in [1.54, 1.807) is 11.3 Å². The molecule has 2 nitrogen and oxygen atoms in total. The van der Waals surface area contributed by atoms with E-state index in [4.69, 9.17) is 17.3 Å². The summed E-state index contributed by atoms with van der Waals surface area (Å²) in [5.41, 5.74) is 7.30. The first kappa shape index (κ1) is 16.0. The first-order chi connectivity index (χ1) is 9.65. The van der Waals surface area contributed by atoms with Crippen LogP contribution in [0.25, 0.3) is 0 Å². The van der Waals surface area contributed by atoms with E-state index in [-0.39, 0.29) is 6.04 Å². The highest BCUT2D eigenvalue weighted by molar-refractivity contribution is 9.10. The van der Waals surface area contributed by atoms with Crippen molar-refractivity contribution in [1.29, 1.82) is 0 Å². The lowest BCUT2D eigenvalue weighted by Gasteiger charge is -2.29. The normalized spacial score (nSPS) is 12.8. The van der Waals surface area contributed by atoms with Crippen LogP contribution in [0.3, 0.4) is 0 Å². The molecule has 0 aliphatic heterocycles. The van der Waals surface area contributed by atoms with Crippen molar-refractivity contribution in [3.63, 3.8) is 0 Å². The molecule has 108 valence electrons. The molecule has 0 bridgehead atoms. The molecular weight excluding hydrogens is 356 g/mol. The molecule has 0 saturated carbocycles. The number of nitrogens with two attached hydrogens (primary N) is 1. The van der Waals surface area contributed by atoms with Gasteiger partial charge in [0.2, 0.25) is 0 Å². The van der Waals surface area contributed by atoms with Crippen molar-refractivity contribution in [2.24, 2.45) is 5.73 Å². The summed E-state index contributed by atoms with van der Waals surface area (Å²) < 4.78 is 1.74. The van der Waals surface area contributed by atoms with Crippen molar-refractivity contribution in [2.45, 2.75) is 19.5 Å². The second-order valence-corrected chi connectivity index (χ2v) is 7.11. The molecule has 20 heavy (non-hydrogen) atoms. The largest absolute Gasteiger partial charge is 0.329 e. The first-order valence-electron chi connectivity index (χ1n) is 6.58. The molecule has 1 aromatic heterocycles. The highest BCUT2D eigenvalue weighted by Gasteiger charge is 2.21. The van der Waals surface area contributed by atoms with Gasteiger partial charge in [-0.05, 0) is 34.1 Å². The summed E-state index contributed by atoms with van der Waals surface area (Å²) in [5, 5.41) is 0. The Hall–Kier alpha value is -0.390. The Morgan fingerprint density at radius 2 is 2.05 bits per heavy atom. The molecule has 0 spiro atoms. The van der Waals surface area contributed by atoms with Gasteiger partial charge in [0.15, 0.2) is 0 Å².